The Morgan fingerprint density at radius 1 is 1.26 bits per heavy atom. The van der Waals surface area contributed by atoms with Gasteiger partial charge in [-0.15, -0.1) is 0 Å². The maximum Gasteiger partial charge on any atom is 0.233 e. The summed E-state index contributed by atoms with van der Waals surface area (Å²) in [6, 6.07) is 15.0. The second-order valence-corrected chi connectivity index (χ2v) is 11.8. The number of anilines is 1. The van der Waals surface area contributed by atoms with Gasteiger partial charge >= 0.3 is 0 Å². The number of aromatic nitrogens is 1. The van der Waals surface area contributed by atoms with E-state index in [9.17, 15) is 18.5 Å². The molecule has 0 saturated carbocycles. The van der Waals surface area contributed by atoms with Gasteiger partial charge in [-0.2, -0.15) is 9.57 Å². The molecule has 5 rings (SSSR count). The van der Waals surface area contributed by atoms with Crippen LogP contribution in [0, 0.1) is 16.7 Å². The number of amides is 1. The molecular formula is C25H24ClN5O3S. The number of fused-ring (bicyclic) bond motifs is 2. The highest BCUT2D eigenvalue weighted by Crippen LogP contribution is 2.36. The van der Waals surface area contributed by atoms with Crippen LogP contribution in [-0.4, -0.2) is 60.9 Å². The summed E-state index contributed by atoms with van der Waals surface area (Å²) in [5, 5.41) is 14.8. The second-order valence-electron chi connectivity index (χ2n) is 9.41. The predicted molar refractivity (Wildman–Crippen MR) is 134 cm³/mol. The third-order valence-corrected chi connectivity index (χ3v) is 8.91. The molecule has 3 heterocycles. The number of hydrogen-bond donors (Lipinski definition) is 1. The monoisotopic (exact) mass is 509 g/mol. The number of sulfonamides is 1. The lowest BCUT2D eigenvalue weighted by molar-refractivity contribution is -0.118. The second kappa shape index (κ2) is 8.88. The molecule has 1 fully saturated rings. The number of carbonyl (C=O) groups is 1. The van der Waals surface area contributed by atoms with Crippen LogP contribution in [0.15, 0.2) is 54.9 Å². The first-order valence-electron chi connectivity index (χ1n) is 11.2. The van der Waals surface area contributed by atoms with E-state index in [0.717, 1.165) is 16.3 Å². The lowest BCUT2D eigenvalue weighted by Crippen LogP contribution is -2.58. The molecule has 2 aromatic carbocycles. The molecule has 10 heteroatoms. The summed E-state index contributed by atoms with van der Waals surface area (Å²) in [6.45, 7) is 0.907. The van der Waals surface area contributed by atoms with Gasteiger partial charge in [0.05, 0.1) is 35.0 Å². The van der Waals surface area contributed by atoms with Crippen molar-refractivity contribution in [3.63, 3.8) is 0 Å². The molecule has 0 radical (unpaired) electrons. The minimum atomic E-state index is -3.81. The summed E-state index contributed by atoms with van der Waals surface area (Å²) < 4.78 is 28.2. The fourth-order valence-corrected chi connectivity index (χ4v) is 7.11. The van der Waals surface area contributed by atoms with E-state index in [0.29, 0.717) is 29.4 Å². The highest BCUT2D eigenvalue weighted by atomic mass is 35.5. The molecule has 0 aliphatic carbocycles. The summed E-state index contributed by atoms with van der Waals surface area (Å²) in [5.41, 5.74) is 1.04. The van der Waals surface area contributed by atoms with Gasteiger partial charge in [0.2, 0.25) is 15.9 Å². The van der Waals surface area contributed by atoms with E-state index < -0.39 is 21.4 Å². The van der Waals surface area contributed by atoms with Crippen molar-refractivity contribution in [3.8, 4) is 6.07 Å². The van der Waals surface area contributed by atoms with Crippen molar-refractivity contribution in [2.45, 2.75) is 12.5 Å². The standard InChI is InChI=1S/C25H24ClN5O3S/c1-30-14-25(13-27,15-30)16-35(33,34)31-11-18-6-7-19(26)8-21(18)22(12-31)24(32)29-23-10-28-9-17-4-2-3-5-20(17)23/h2-10,22H,11-12,14-16H2,1H3,(H,29,32). The van der Waals surface area contributed by atoms with Crippen LogP contribution in [0.1, 0.15) is 17.0 Å². The van der Waals surface area contributed by atoms with Crippen molar-refractivity contribution in [2.75, 3.05) is 37.8 Å². The minimum Gasteiger partial charge on any atom is -0.324 e. The maximum absolute atomic E-state index is 13.5. The van der Waals surface area contributed by atoms with Gasteiger partial charge < -0.3 is 10.2 Å². The lowest BCUT2D eigenvalue weighted by atomic mass is 9.84. The molecule has 1 amide bonds. The highest BCUT2D eigenvalue weighted by Gasteiger charge is 2.47. The molecule has 1 unspecified atom stereocenters. The third kappa shape index (κ3) is 4.50. The molecule has 1 N–H and O–H groups in total. The van der Waals surface area contributed by atoms with Gasteiger partial charge in [-0.25, -0.2) is 8.42 Å². The molecule has 8 nitrogen and oxygen atoms in total. The van der Waals surface area contributed by atoms with Gasteiger partial charge in [-0.3, -0.25) is 9.78 Å². The van der Waals surface area contributed by atoms with Crippen LogP contribution in [0.3, 0.4) is 0 Å². The molecule has 1 saturated heterocycles. The maximum atomic E-state index is 13.5. The average molecular weight is 510 g/mol. The van der Waals surface area contributed by atoms with Gasteiger partial charge in [-0.1, -0.05) is 41.9 Å². The molecule has 0 spiro atoms. The topological polar surface area (TPSA) is 106 Å². The summed E-state index contributed by atoms with van der Waals surface area (Å²) in [6.07, 6.45) is 3.30. The van der Waals surface area contributed by atoms with Gasteiger partial charge in [0.1, 0.15) is 0 Å². The summed E-state index contributed by atoms with van der Waals surface area (Å²) >= 11 is 6.24. The first-order chi connectivity index (χ1) is 16.7. The van der Waals surface area contributed by atoms with Crippen LogP contribution in [-0.2, 0) is 21.4 Å². The number of nitrogens with one attached hydrogen (secondary N) is 1. The number of pyridine rings is 1. The molecular weight excluding hydrogens is 486 g/mol. The molecule has 3 aromatic rings. The summed E-state index contributed by atoms with van der Waals surface area (Å²) in [5.74, 6) is -1.39. The van der Waals surface area contributed by atoms with Crippen molar-refractivity contribution in [2.24, 2.45) is 5.41 Å². The Morgan fingerprint density at radius 3 is 2.77 bits per heavy atom. The average Bonchev–Trinajstić information content (AvgIpc) is 2.82. The van der Waals surface area contributed by atoms with Gasteiger partial charge in [0.15, 0.2) is 0 Å². The molecule has 180 valence electrons. The Morgan fingerprint density at radius 2 is 2.03 bits per heavy atom. The number of rotatable bonds is 5. The summed E-state index contributed by atoms with van der Waals surface area (Å²) in [4.78, 5) is 19.7. The van der Waals surface area contributed by atoms with E-state index in [-0.39, 0.29) is 24.7 Å². The van der Waals surface area contributed by atoms with E-state index in [2.05, 4.69) is 16.4 Å². The molecule has 1 atom stereocenters. The van der Waals surface area contributed by atoms with Gasteiger partial charge in [-0.05, 0) is 30.3 Å². The quantitative estimate of drug-likeness (QED) is 0.566. The van der Waals surface area contributed by atoms with Crippen LogP contribution < -0.4 is 5.32 Å². The van der Waals surface area contributed by atoms with Crippen molar-refractivity contribution in [1.82, 2.24) is 14.2 Å². The van der Waals surface area contributed by atoms with E-state index in [1.807, 2.05) is 36.2 Å². The Hall–Kier alpha value is -3.03. The first kappa shape index (κ1) is 23.7. The summed E-state index contributed by atoms with van der Waals surface area (Å²) in [7, 11) is -1.95. The van der Waals surface area contributed by atoms with Crippen molar-refractivity contribution in [3.05, 3.63) is 71.0 Å². The number of nitrogens with zero attached hydrogens (tertiary/aromatic N) is 4. The van der Waals surface area contributed by atoms with Crippen molar-refractivity contribution in [1.29, 1.82) is 5.26 Å². The number of likely N-dealkylation sites (tertiary alicyclic amines) is 1. The third-order valence-electron chi connectivity index (χ3n) is 6.69. The highest BCUT2D eigenvalue weighted by molar-refractivity contribution is 7.89. The fourth-order valence-electron chi connectivity index (χ4n) is 5.08. The van der Waals surface area contributed by atoms with Crippen LogP contribution >= 0.6 is 11.6 Å². The molecule has 2 aliphatic rings. The van der Waals surface area contributed by atoms with Gasteiger partial charge in [0.25, 0.3) is 0 Å². The van der Waals surface area contributed by atoms with Crippen LogP contribution in [0.2, 0.25) is 5.02 Å². The minimum absolute atomic E-state index is 0.0307. The molecule has 35 heavy (non-hydrogen) atoms. The number of benzene rings is 2. The van der Waals surface area contributed by atoms with Crippen LogP contribution in [0.4, 0.5) is 5.69 Å². The first-order valence-corrected chi connectivity index (χ1v) is 13.2. The Balaban J connectivity index is 1.46. The smallest absolute Gasteiger partial charge is 0.233 e. The number of carbonyl (C=O) groups excluding carboxylic acids is 1. The zero-order valence-corrected chi connectivity index (χ0v) is 20.7. The molecule has 2 aliphatic heterocycles. The number of nitriles is 1. The van der Waals surface area contributed by atoms with E-state index >= 15 is 0 Å². The lowest BCUT2D eigenvalue weighted by Gasteiger charge is -2.44. The zero-order chi connectivity index (χ0) is 24.8. The Labute approximate surface area is 209 Å². The fraction of sp³-hybridized carbons (Fsp3) is 0.320. The van der Waals surface area contributed by atoms with Crippen molar-refractivity contribution < 1.29 is 13.2 Å². The van der Waals surface area contributed by atoms with Crippen LogP contribution in [0.5, 0.6) is 0 Å². The van der Waals surface area contributed by atoms with E-state index in [4.69, 9.17) is 11.6 Å². The molecule has 1 aromatic heterocycles. The SMILES string of the molecule is CN1CC(C#N)(CS(=O)(=O)N2Cc3ccc(Cl)cc3C(C(=O)Nc3cncc4ccccc34)C2)C1. The van der Waals surface area contributed by atoms with E-state index in [1.165, 1.54) is 4.31 Å². The Kier molecular flexibility index (Phi) is 6.01. The van der Waals surface area contributed by atoms with Crippen molar-refractivity contribution >= 4 is 44.0 Å². The zero-order valence-electron chi connectivity index (χ0n) is 19.1. The number of halogens is 1. The predicted octanol–water partition coefficient (Wildman–Crippen LogP) is 3.21. The normalized spacial score (nSPS) is 20.0. The molecule has 0 bridgehead atoms. The number of hydrogen-bond acceptors (Lipinski definition) is 6. The largest absolute Gasteiger partial charge is 0.324 e. The Bertz CT molecular complexity index is 1460. The van der Waals surface area contributed by atoms with Gasteiger partial charge in [0, 0.05) is 48.2 Å². The van der Waals surface area contributed by atoms with E-state index in [1.54, 1.807) is 30.6 Å². The van der Waals surface area contributed by atoms with Crippen LogP contribution in [0.25, 0.3) is 10.8 Å².